The van der Waals surface area contributed by atoms with Crippen LogP contribution >= 0.6 is 11.6 Å². The average Bonchev–Trinajstić information content (AvgIpc) is 2.42. The molecule has 0 saturated heterocycles. The van der Waals surface area contributed by atoms with Crippen LogP contribution in [0, 0.1) is 0 Å². The molecule has 2 aromatic rings. The predicted octanol–water partition coefficient (Wildman–Crippen LogP) is 3.81. The van der Waals surface area contributed by atoms with Gasteiger partial charge in [-0.2, -0.15) is 0 Å². The van der Waals surface area contributed by atoms with Gasteiger partial charge < -0.3 is 10.1 Å². The second-order valence-electron chi connectivity index (χ2n) is 4.88. The Morgan fingerprint density at radius 3 is 2.60 bits per heavy atom. The number of pyridine rings is 1. The molecule has 3 nitrogen and oxygen atoms in total. The summed E-state index contributed by atoms with van der Waals surface area (Å²) >= 11 is 6.06. The molecular formula is C16H19ClN2O. The van der Waals surface area contributed by atoms with E-state index in [9.17, 15) is 0 Å². The van der Waals surface area contributed by atoms with Gasteiger partial charge >= 0.3 is 0 Å². The first kappa shape index (κ1) is 14.8. The second kappa shape index (κ2) is 7.27. The summed E-state index contributed by atoms with van der Waals surface area (Å²) in [6, 6.07) is 9.71. The minimum absolute atomic E-state index is 0.148. The van der Waals surface area contributed by atoms with E-state index < -0.39 is 0 Å². The molecule has 0 bridgehead atoms. The van der Waals surface area contributed by atoms with Crippen molar-refractivity contribution in [3.05, 3.63) is 58.9 Å². The molecule has 1 aromatic heterocycles. The van der Waals surface area contributed by atoms with Gasteiger partial charge in [0.1, 0.15) is 5.75 Å². The number of hydrogen-bond donors (Lipinski definition) is 1. The van der Waals surface area contributed by atoms with Crippen molar-refractivity contribution in [3.8, 4) is 5.75 Å². The van der Waals surface area contributed by atoms with Crippen molar-refractivity contribution in [2.45, 2.75) is 33.0 Å². The highest BCUT2D eigenvalue weighted by atomic mass is 35.5. The Labute approximate surface area is 124 Å². The number of rotatable bonds is 6. The number of ether oxygens (including phenoxy) is 1. The van der Waals surface area contributed by atoms with Gasteiger partial charge in [-0.05, 0) is 49.7 Å². The van der Waals surface area contributed by atoms with Gasteiger partial charge in [0.15, 0.2) is 0 Å². The maximum Gasteiger partial charge on any atom is 0.124 e. The van der Waals surface area contributed by atoms with Crippen LogP contribution in [-0.2, 0) is 13.1 Å². The summed E-state index contributed by atoms with van der Waals surface area (Å²) in [7, 11) is 0. The van der Waals surface area contributed by atoms with Gasteiger partial charge in [0.2, 0.25) is 0 Å². The average molecular weight is 291 g/mol. The molecule has 20 heavy (non-hydrogen) atoms. The van der Waals surface area contributed by atoms with Gasteiger partial charge in [0.25, 0.3) is 0 Å². The standard InChI is InChI=1S/C16H19ClN2O/c1-12(2)20-16-4-3-15(17)9-14(16)11-19-10-13-5-7-18-8-6-13/h3-9,12,19H,10-11H2,1-2H3. The highest BCUT2D eigenvalue weighted by Crippen LogP contribution is 2.24. The molecule has 106 valence electrons. The number of hydrogen-bond acceptors (Lipinski definition) is 3. The van der Waals surface area contributed by atoms with Gasteiger partial charge in [-0.1, -0.05) is 11.6 Å². The topological polar surface area (TPSA) is 34.1 Å². The van der Waals surface area contributed by atoms with Gasteiger partial charge in [0.05, 0.1) is 6.10 Å². The Balaban J connectivity index is 1.99. The zero-order chi connectivity index (χ0) is 14.4. The van der Waals surface area contributed by atoms with E-state index in [2.05, 4.69) is 10.3 Å². The van der Waals surface area contributed by atoms with Crippen LogP contribution in [0.25, 0.3) is 0 Å². The van der Waals surface area contributed by atoms with Crippen LogP contribution < -0.4 is 10.1 Å². The third kappa shape index (κ3) is 4.51. The van der Waals surface area contributed by atoms with Gasteiger partial charge in [-0.15, -0.1) is 0 Å². The normalized spacial score (nSPS) is 10.8. The molecule has 0 spiro atoms. The lowest BCUT2D eigenvalue weighted by molar-refractivity contribution is 0.239. The van der Waals surface area contributed by atoms with E-state index in [0.29, 0.717) is 6.54 Å². The minimum Gasteiger partial charge on any atom is -0.491 e. The maximum atomic E-state index is 6.06. The Morgan fingerprint density at radius 1 is 1.15 bits per heavy atom. The molecule has 0 aliphatic heterocycles. The van der Waals surface area contributed by atoms with Gasteiger partial charge in [-0.3, -0.25) is 4.98 Å². The lowest BCUT2D eigenvalue weighted by Crippen LogP contribution is -2.15. The van der Waals surface area contributed by atoms with Crippen molar-refractivity contribution in [1.29, 1.82) is 0 Å². The van der Waals surface area contributed by atoms with E-state index >= 15 is 0 Å². The Bertz CT molecular complexity index is 543. The zero-order valence-electron chi connectivity index (χ0n) is 11.8. The van der Waals surface area contributed by atoms with Gasteiger partial charge in [0, 0.05) is 36.1 Å². The number of benzene rings is 1. The van der Waals surface area contributed by atoms with Crippen LogP contribution in [-0.4, -0.2) is 11.1 Å². The third-order valence-corrected chi connectivity index (χ3v) is 3.01. The highest BCUT2D eigenvalue weighted by Gasteiger charge is 2.06. The van der Waals surface area contributed by atoms with Crippen LogP contribution in [0.3, 0.4) is 0 Å². The fraction of sp³-hybridized carbons (Fsp3) is 0.312. The summed E-state index contributed by atoms with van der Waals surface area (Å²) in [6.45, 7) is 5.53. The molecule has 0 amide bonds. The van der Waals surface area contributed by atoms with Crippen molar-refractivity contribution < 1.29 is 4.74 Å². The van der Waals surface area contributed by atoms with E-state index in [1.807, 2.05) is 44.2 Å². The van der Waals surface area contributed by atoms with Crippen molar-refractivity contribution in [2.24, 2.45) is 0 Å². The molecule has 0 saturated carbocycles. The van der Waals surface area contributed by atoms with Crippen LogP contribution in [0.5, 0.6) is 5.75 Å². The molecular weight excluding hydrogens is 272 g/mol. The fourth-order valence-electron chi connectivity index (χ4n) is 1.90. The summed E-state index contributed by atoms with van der Waals surface area (Å²) in [5.41, 5.74) is 2.27. The molecule has 0 aliphatic carbocycles. The minimum atomic E-state index is 0.148. The van der Waals surface area contributed by atoms with Crippen molar-refractivity contribution >= 4 is 11.6 Å². The van der Waals surface area contributed by atoms with E-state index in [-0.39, 0.29) is 6.10 Å². The van der Waals surface area contributed by atoms with E-state index in [4.69, 9.17) is 16.3 Å². The first-order chi connectivity index (χ1) is 9.65. The Kier molecular flexibility index (Phi) is 5.39. The first-order valence-electron chi connectivity index (χ1n) is 6.70. The molecule has 1 aromatic carbocycles. The smallest absolute Gasteiger partial charge is 0.124 e. The quantitative estimate of drug-likeness (QED) is 0.878. The number of aromatic nitrogens is 1. The fourth-order valence-corrected chi connectivity index (χ4v) is 2.09. The number of nitrogens with one attached hydrogen (secondary N) is 1. The molecule has 0 radical (unpaired) electrons. The Morgan fingerprint density at radius 2 is 1.90 bits per heavy atom. The second-order valence-corrected chi connectivity index (χ2v) is 5.31. The maximum absolute atomic E-state index is 6.06. The first-order valence-corrected chi connectivity index (χ1v) is 7.07. The van der Waals surface area contributed by atoms with Crippen LogP contribution in [0.2, 0.25) is 5.02 Å². The summed E-state index contributed by atoms with van der Waals surface area (Å²) in [5.74, 6) is 0.881. The van der Waals surface area contributed by atoms with E-state index in [0.717, 1.165) is 22.9 Å². The Hall–Kier alpha value is -1.58. The SMILES string of the molecule is CC(C)Oc1ccc(Cl)cc1CNCc1ccncc1. The summed E-state index contributed by atoms with van der Waals surface area (Å²) in [4.78, 5) is 4.00. The molecule has 2 rings (SSSR count). The van der Waals surface area contributed by atoms with E-state index in [1.165, 1.54) is 5.56 Å². The molecule has 0 aliphatic rings. The van der Waals surface area contributed by atoms with Crippen LogP contribution in [0.1, 0.15) is 25.0 Å². The number of nitrogens with zero attached hydrogens (tertiary/aromatic N) is 1. The zero-order valence-corrected chi connectivity index (χ0v) is 12.5. The molecule has 0 unspecified atom stereocenters. The molecule has 0 atom stereocenters. The van der Waals surface area contributed by atoms with Gasteiger partial charge in [-0.25, -0.2) is 0 Å². The van der Waals surface area contributed by atoms with Crippen molar-refractivity contribution in [2.75, 3.05) is 0 Å². The van der Waals surface area contributed by atoms with Crippen molar-refractivity contribution in [3.63, 3.8) is 0 Å². The summed E-state index contributed by atoms with van der Waals surface area (Å²) < 4.78 is 5.79. The highest BCUT2D eigenvalue weighted by molar-refractivity contribution is 6.30. The summed E-state index contributed by atoms with van der Waals surface area (Å²) in [5, 5.41) is 4.12. The van der Waals surface area contributed by atoms with Crippen LogP contribution in [0.15, 0.2) is 42.7 Å². The number of halogens is 1. The largest absolute Gasteiger partial charge is 0.491 e. The molecule has 4 heteroatoms. The van der Waals surface area contributed by atoms with E-state index in [1.54, 1.807) is 12.4 Å². The van der Waals surface area contributed by atoms with Crippen LogP contribution in [0.4, 0.5) is 0 Å². The lowest BCUT2D eigenvalue weighted by Gasteiger charge is -2.15. The lowest BCUT2D eigenvalue weighted by atomic mass is 10.2. The molecule has 0 fully saturated rings. The third-order valence-electron chi connectivity index (χ3n) is 2.78. The van der Waals surface area contributed by atoms with Crippen molar-refractivity contribution in [1.82, 2.24) is 10.3 Å². The molecule has 1 N–H and O–H groups in total. The monoisotopic (exact) mass is 290 g/mol. The summed E-state index contributed by atoms with van der Waals surface area (Å²) in [6.07, 6.45) is 3.74. The molecule has 1 heterocycles. The predicted molar refractivity (Wildman–Crippen MR) is 82.0 cm³/mol.